The summed E-state index contributed by atoms with van der Waals surface area (Å²) in [5.74, 6) is -0.996. The topological polar surface area (TPSA) is 117 Å². The molecule has 9 heteroatoms. The number of nitrogens with zero attached hydrogens (tertiary/aromatic N) is 4. The molecule has 2 amide bonds. The van der Waals surface area contributed by atoms with E-state index < -0.39 is 17.6 Å². The molecular weight excluding hydrogens is 483 g/mol. The number of nitrogens with two attached hydrogens (primary N) is 1. The lowest BCUT2D eigenvalue weighted by Crippen LogP contribution is -2.54. The number of benzene rings is 2. The Morgan fingerprint density at radius 3 is 2.47 bits per heavy atom. The van der Waals surface area contributed by atoms with Crippen molar-refractivity contribution in [1.29, 1.82) is 5.26 Å². The van der Waals surface area contributed by atoms with E-state index in [9.17, 15) is 14.9 Å². The fraction of sp³-hybridized carbons (Fsp3) is 0.379. The number of likely N-dealkylation sites (tertiary alicyclic amines) is 1. The summed E-state index contributed by atoms with van der Waals surface area (Å²) in [4.78, 5) is 26.5. The SMILES string of the molecule is N#CCC[C@]1(n2cc(C(N)=O)c(NC(=O)C3CC3)n2)CCN(Cc2ccc(-c3ccccc3)cc2)C[C@H]1F. The molecule has 3 N–H and O–H groups in total. The van der Waals surface area contributed by atoms with E-state index in [0.29, 0.717) is 19.5 Å². The minimum Gasteiger partial charge on any atom is -0.365 e. The summed E-state index contributed by atoms with van der Waals surface area (Å²) in [6.07, 6.45) is 2.43. The lowest BCUT2D eigenvalue weighted by atomic mass is 9.81. The van der Waals surface area contributed by atoms with Gasteiger partial charge in [-0.05, 0) is 42.4 Å². The van der Waals surface area contributed by atoms with E-state index in [0.717, 1.165) is 29.5 Å². The molecule has 0 unspecified atom stereocenters. The van der Waals surface area contributed by atoms with Gasteiger partial charge < -0.3 is 11.1 Å². The molecule has 5 rings (SSSR count). The maximum atomic E-state index is 16.1. The number of hydrogen-bond donors (Lipinski definition) is 2. The van der Waals surface area contributed by atoms with Crippen molar-refractivity contribution in [2.24, 2.45) is 11.7 Å². The molecule has 1 aliphatic carbocycles. The van der Waals surface area contributed by atoms with Crippen molar-refractivity contribution in [3.8, 4) is 17.2 Å². The number of alkyl halides is 1. The molecule has 2 aliphatic rings. The number of hydrogen-bond acceptors (Lipinski definition) is 5. The van der Waals surface area contributed by atoms with Gasteiger partial charge in [0.05, 0.1) is 11.6 Å². The van der Waals surface area contributed by atoms with E-state index in [1.165, 1.54) is 10.9 Å². The Balaban J connectivity index is 1.33. The van der Waals surface area contributed by atoms with Crippen molar-refractivity contribution >= 4 is 17.6 Å². The molecule has 3 aromatic rings. The van der Waals surface area contributed by atoms with Gasteiger partial charge in [0.2, 0.25) is 5.91 Å². The number of rotatable bonds is 9. The van der Waals surface area contributed by atoms with Crippen LogP contribution >= 0.6 is 0 Å². The summed E-state index contributed by atoms with van der Waals surface area (Å²) in [6, 6.07) is 20.5. The second-order valence-electron chi connectivity index (χ2n) is 10.2. The van der Waals surface area contributed by atoms with Crippen LogP contribution in [0, 0.1) is 17.2 Å². The zero-order valence-corrected chi connectivity index (χ0v) is 21.1. The Morgan fingerprint density at radius 1 is 1.13 bits per heavy atom. The molecule has 2 fully saturated rings. The van der Waals surface area contributed by atoms with E-state index in [2.05, 4.69) is 57.8 Å². The molecule has 1 aromatic heterocycles. The number of anilines is 1. The number of nitrogens with one attached hydrogen (secondary N) is 1. The van der Waals surface area contributed by atoms with Crippen molar-refractivity contribution in [2.45, 2.75) is 50.4 Å². The molecule has 1 aliphatic heterocycles. The average Bonchev–Trinajstić information content (AvgIpc) is 3.69. The van der Waals surface area contributed by atoms with Crippen LogP contribution in [0.4, 0.5) is 10.2 Å². The maximum absolute atomic E-state index is 16.1. The van der Waals surface area contributed by atoms with Gasteiger partial charge in [-0.15, -0.1) is 0 Å². The number of carbonyl (C=O) groups excluding carboxylic acids is 2. The first kappa shape index (κ1) is 25.6. The molecule has 2 heterocycles. The monoisotopic (exact) mass is 514 g/mol. The highest BCUT2D eigenvalue weighted by Crippen LogP contribution is 2.38. The quantitative estimate of drug-likeness (QED) is 0.443. The highest BCUT2D eigenvalue weighted by molar-refractivity contribution is 6.02. The van der Waals surface area contributed by atoms with Crippen molar-refractivity contribution in [3.05, 3.63) is 71.9 Å². The lowest BCUT2D eigenvalue weighted by molar-refractivity contribution is -0.117. The Labute approximate surface area is 221 Å². The van der Waals surface area contributed by atoms with E-state index in [-0.39, 0.29) is 42.6 Å². The normalized spacial score (nSPS) is 21.5. The van der Waals surface area contributed by atoms with Crippen LogP contribution in [0.5, 0.6) is 0 Å². The summed E-state index contributed by atoms with van der Waals surface area (Å²) in [6.45, 7) is 1.33. The number of carbonyl (C=O) groups is 2. The van der Waals surface area contributed by atoms with Gasteiger partial charge in [-0.25, -0.2) is 4.39 Å². The number of amides is 2. The van der Waals surface area contributed by atoms with Crippen molar-refractivity contribution in [2.75, 3.05) is 18.4 Å². The Hall–Kier alpha value is -4.03. The molecule has 0 radical (unpaired) electrons. The first-order chi connectivity index (χ1) is 18.4. The van der Waals surface area contributed by atoms with Crippen LogP contribution in [-0.2, 0) is 16.9 Å². The third kappa shape index (κ3) is 5.31. The van der Waals surface area contributed by atoms with Crippen LogP contribution in [0.2, 0.25) is 0 Å². The third-order valence-corrected chi connectivity index (χ3v) is 7.63. The zero-order chi connectivity index (χ0) is 26.7. The summed E-state index contributed by atoms with van der Waals surface area (Å²) in [5.41, 5.74) is 7.84. The number of primary amides is 1. The smallest absolute Gasteiger partial charge is 0.254 e. The van der Waals surface area contributed by atoms with Crippen molar-refractivity contribution in [3.63, 3.8) is 0 Å². The fourth-order valence-electron chi connectivity index (χ4n) is 5.20. The Bertz CT molecular complexity index is 1350. The molecule has 1 saturated carbocycles. The van der Waals surface area contributed by atoms with Gasteiger partial charge in [0.25, 0.3) is 5.91 Å². The Kier molecular flexibility index (Phi) is 7.25. The number of aromatic nitrogens is 2. The number of nitriles is 1. The summed E-state index contributed by atoms with van der Waals surface area (Å²) >= 11 is 0. The zero-order valence-electron chi connectivity index (χ0n) is 21.1. The summed E-state index contributed by atoms with van der Waals surface area (Å²) in [5, 5.41) is 16.4. The van der Waals surface area contributed by atoms with E-state index in [1.807, 2.05) is 18.2 Å². The molecule has 38 heavy (non-hydrogen) atoms. The van der Waals surface area contributed by atoms with E-state index >= 15 is 4.39 Å². The minimum absolute atomic E-state index is 0.0449. The highest BCUT2D eigenvalue weighted by atomic mass is 19.1. The van der Waals surface area contributed by atoms with Crippen molar-refractivity contribution in [1.82, 2.24) is 14.7 Å². The Morgan fingerprint density at radius 2 is 1.84 bits per heavy atom. The van der Waals surface area contributed by atoms with Gasteiger partial charge in [0, 0.05) is 38.2 Å². The molecule has 2 aromatic carbocycles. The standard InChI is InChI=1S/C29H31FN6O2/c30-25-19-35(17-20-7-9-22(10-8-20)21-5-2-1-3-6-21)16-14-29(25,13-4-15-31)36-18-24(26(32)37)27(34-36)33-28(38)23-11-12-23/h1-3,5-10,18,23,25H,4,11-14,16-17,19H2,(H2,32,37)(H,33,34,38)/t25-,29+/m1/s1. The molecule has 196 valence electrons. The van der Waals surface area contributed by atoms with Crippen LogP contribution in [-0.4, -0.2) is 45.8 Å². The first-order valence-corrected chi connectivity index (χ1v) is 13.0. The van der Waals surface area contributed by atoms with E-state index in [4.69, 9.17) is 5.73 Å². The fourth-order valence-corrected chi connectivity index (χ4v) is 5.20. The second-order valence-corrected chi connectivity index (χ2v) is 10.2. The minimum atomic E-state index is -1.35. The molecule has 1 saturated heterocycles. The molecule has 0 bridgehead atoms. The first-order valence-electron chi connectivity index (χ1n) is 13.0. The van der Waals surface area contributed by atoms with Crippen LogP contribution in [0.15, 0.2) is 60.8 Å². The number of piperidine rings is 1. The molecule has 2 atom stereocenters. The van der Waals surface area contributed by atoms with Gasteiger partial charge in [0.1, 0.15) is 11.7 Å². The van der Waals surface area contributed by atoms with Gasteiger partial charge in [-0.3, -0.25) is 19.2 Å². The van der Waals surface area contributed by atoms with Gasteiger partial charge >= 0.3 is 0 Å². The molecular formula is C29H31FN6O2. The van der Waals surface area contributed by atoms with Crippen molar-refractivity contribution < 1.29 is 14.0 Å². The highest BCUT2D eigenvalue weighted by Gasteiger charge is 2.46. The van der Waals surface area contributed by atoms with Crippen LogP contribution < -0.4 is 11.1 Å². The van der Waals surface area contributed by atoms with Gasteiger partial charge in [-0.1, -0.05) is 54.6 Å². The molecule has 8 nitrogen and oxygen atoms in total. The van der Waals surface area contributed by atoms with Crippen LogP contribution in [0.1, 0.15) is 48.0 Å². The lowest BCUT2D eigenvalue weighted by Gasteiger charge is -2.44. The average molecular weight is 515 g/mol. The summed E-state index contributed by atoms with van der Waals surface area (Å²) < 4.78 is 17.5. The van der Waals surface area contributed by atoms with Crippen LogP contribution in [0.3, 0.4) is 0 Å². The maximum Gasteiger partial charge on any atom is 0.254 e. The number of halogens is 1. The largest absolute Gasteiger partial charge is 0.365 e. The summed E-state index contributed by atoms with van der Waals surface area (Å²) in [7, 11) is 0. The second kappa shape index (κ2) is 10.8. The third-order valence-electron chi connectivity index (χ3n) is 7.63. The molecule has 0 spiro atoms. The van der Waals surface area contributed by atoms with Crippen LogP contribution in [0.25, 0.3) is 11.1 Å². The predicted octanol–water partition coefficient (Wildman–Crippen LogP) is 4.24. The van der Waals surface area contributed by atoms with Gasteiger partial charge in [0.15, 0.2) is 5.82 Å². The van der Waals surface area contributed by atoms with Gasteiger partial charge in [-0.2, -0.15) is 10.4 Å². The predicted molar refractivity (Wildman–Crippen MR) is 142 cm³/mol. The van der Waals surface area contributed by atoms with E-state index in [1.54, 1.807) is 0 Å².